The Bertz CT molecular complexity index is 855. The Morgan fingerprint density at radius 1 is 1.09 bits per heavy atom. The largest absolute Gasteiger partial charge is 0.386 e. The van der Waals surface area contributed by atoms with Crippen molar-refractivity contribution in [3.63, 3.8) is 0 Å². The molecular weight excluding hydrogens is 288 g/mol. The summed E-state index contributed by atoms with van der Waals surface area (Å²) < 4.78 is 0. The molecule has 2 unspecified atom stereocenters. The Morgan fingerprint density at radius 3 is 2.61 bits per heavy atom. The van der Waals surface area contributed by atoms with Gasteiger partial charge in [-0.15, -0.1) is 0 Å². The molecule has 0 saturated carbocycles. The van der Waals surface area contributed by atoms with E-state index in [-0.39, 0.29) is 5.78 Å². The first-order valence-electron chi connectivity index (χ1n) is 7.53. The van der Waals surface area contributed by atoms with Crippen molar-refractivity contribution >= 4 is 16.7 Å². The van der Waals surface area contributed by atoms with Gasteiger partial charge in [0.1, 0.15) is 11.9 Å². The molecule has 3 aromatic rings. The van der Waals surface area contributed by atoms with Crippen molar-refractivity contribution in [2.24, 2.45) is 0 Å². The van der Waals surface area contributed by atoms with E-state index in [1.165, 1.54) is 6.92 Å². The number of para-hydroxylation sites is 1. The first-order valence-corrected chi connectivity index (χ1v) is 7.53. The number of benzene rings is 1. The highest BCUT2D eigenvalue weighted by molar-refractivity contribution is 5.91. The molecule has 0 fully saturated rings. The minimum absolute atomic E-state index is 0.0999. The lowest BCUT2D eigenvalue weighted by atomic mass is 9.86. The average Bonchev–Trinajstić information content (AvgIpc) is 2.55. The molecule has 0 spiro atoms. The van der Waals surface area contributed by atoms with Crippen molar-refractivity contribution in [3.05, 3.63) is 71.7 Å². The molecular formula is C19H18N2O2. The van der Waals surface area contributed by atoms with E-state index >= 15 is 0 Å². The maximum Gasteiger partial charge on any atom is 0.140 e. The van der Waals surface area contributed by atoms with Crippen LogP contribution in [0.3, 0.4) is 0 Å². The molecule has 3 rings (SSSR count). The maximum atomic E-state index is 12.3. The fraction of sp³-hybridized carbons (Fsp3) is 0.211. The molecule has 0 bridgehead atoms. The van der Waals surface area contributed by atoms with Gasteiger partial charge in [-0.25, -0.2) is 0 Å². The van der Waals surface area contributed by atoms with E-state index in [9.17, 15) is 9.90 Å². The van der Waals surface area contributed by atoms with Crippen LogP contribution in [0.15, 0.2) is 54.7 Å². The van der Waals surface area contributed by atoms with Gasteiger partial charge >= 0.3 is 0 Å². The van der Waals surface area contributed by atoms with Gasteiger partial charge in [-0.05, 0) is 43.7 Å². The van der Waals surface area contributed by atoms with E-state index in [1.54, 1.807) is 18.3 Å². The number of pyridine rings is 2. The van der Waals surface area contributed by atoms with Crippen LogP contribution in [0.2, 0.25) is 0 Å². The molecule has 0 radical (unpaired) electrons. The van der Waals surface area contributed by atoms with Crippen LogP contribution in [0.25, 0.3) is 10.9 Å². The van der Waals surface area contributed by atoms with E-state index in [1.807, 2.05) is 43.3 Å². The van der Waals surface area contributed by atoms with Gasteiger partial charge in [-0.3, -0.25) is 14.8 Å². The molecule has 0 amide bonds. The van der Waals surface area contributed by atoms with E-state index in [4.69, 9.17) is 0 Å². The van der Waals surface area contributed by atoms with Gasteiger partial charge < -0.3 is 5.11 Å². The summed E-state index contributed by atoms with van der Waals surface area (Å²) in [5, 5.41) is 11.7. The minimum atomic E-state index is -0.988. The first kappa shape index (κ1) is 15.3. The number of aromatic nitrogens is 2. The number of hydrogen-bond donors (Lipinski definition) is 1. The average molecular weight is 306 g/mol. The lowest BCUT2D eigenvalue weighted by Gasteiger charge is -2.22. The van der Waals surface area contributed by atoms with Crippen molar-refractivity contribution in [1.82, 2.24) is 9.97 Å². The van der Waals surface area contributed by atoms with Crippen molar-refractivity contribution in [1.29, 1.82) is 0 Å². The zero-order chi connectivity index (χ0) is 16.4. The Morgan fingerprint density at radius 2 is 1.87 bits per heavy atom. The summed E-state index contributed by atoms with van der Waals surface area (Å²) in [5.74, 6) is -0.769. The van der Waals surface area contributed by atoms with Crippen molar-refractivity contribution in [3.8, 4) is 0 Å². The van der Waals surface area contributed by atoms with Crippen LogP contribution in [0, 0.1) is 6.92 Å². The summed E-state index contributed by atoms with van der Waals surface area (Å²) in [4.78, 5) is 21.0. The summed E-state index contributed by atoms with van der Waals surface area (Å²) in [6, 6.07) is 14.9. The third-order valence-electron chi connectivity index (χ3n) is 3.98. The molecule has 2 atom stereocenters. The Labute approximate surface area is 134 Å². The van der Waals surface area contributed by atoms with Gasteiger partial charge in [0.15, 0.2) is 0 Å². The van der Waals surface area contributed by atoms with Gasteiger partial charge in [0.05, 0.1) is 17.1 Å². The van der Waals surface area contributed by atoms with Crippen LogP contribution < -0.4 is 0 Å². The second-order valence-electron chi connectivity index (χ2n) is 5.65. The number of fused-ring (bicyclic) bond motifs is 1. The number of aliphatic hydroxyl groups excluding tert-OH is 1. The highest BCUT2D eigenvalue weighted by Gasteiger charge is 2.29. The van der Waals surface area contributed by atoms with Crippen LogP contribution in [-0.2, 0) is 4.79 Å². The van der Waals surface area contributed by atoms with Gasteiger partial charge in [-0.1, -0.05) is 24.3 Å². The van der Waals surface area contributed by atoms with Crippen LogP contribution >= 0.6 is 0 Å². The number of aliphatic hydroxyl groups is 1. The predicted octanol–water partition coefficient (Wildman–Crippen LogP) is 3.34. The van der Waals surface area contributed by atoms with Crippen LogP contribution in [0.1, 0.15) is 35.9 Å². The number of rotatable bonds is 4. The molecule has 23 heavy (non-hydrogen) atoms. The van der Waals surface area contributed by atoms with Gasteiger partial charge in [0.2, 0.25) is 0 Å². The number of Topliss-reactive ketones (excluding diaryl/α,β-unsaturated/α-hetero) is 1. The Kier molecular flexibility index (Phi) is 4.17. The zero-order valence-electron chi connectivity index (χ0n) is 13.1. The van der Waals surface area contributed by atoms with Crippen LogP contribution in [0.4, 0.5) is 0 Å². The van der Waals surface area contributed by atoms with E-state index < -0.39 is 12.0 Å². The van der Waals surface area contributed by atoms with Gasteiger partial charge in [0, 0.05) is 17.3 Å². The summed E-state index contributed by atoms with van der Waals surface area (Å²) in [5.41, 5.74) is 2.90. The minimum Gasteiger partial charge on any atom is -0.386 e. The maximum absolute atomic E-state index is 12.3. The van der Waals surface area contributed by atoms with Gasteiger partial charge in [-0.2, -0.15) is 0 Å². The molecule has 4 heteroatoms. The molecule has 1 aromatic carbocycles. The lowest BCUT2D eigenvalue weighted by Crippen LogP contribution is -2.19. The van der Waals surface area contributed by atoms with Gasteiger partial charge in [0.25, 0.3) is 0 Å². The standard InChI is InChI=1S/C19H18N2O2/c1-12-6-5-9-17(21-12)19(23)18(13(2)22)15-10-11-20-16-8-4-3-7-14(15)16/h3-11,18-19,23H,1-2H3. The highest BCUT2D eigenvalue weighted by atomic mass is 16.3. The molecule has 1 N–H and O–H groups in total. The topological polar surface area (TPSA) is 63.1 Å². The summed E-state index contributed by atoms with van der Waals surface area (Å²) in [6.45, 7) is 3.36. The molecule has 0 aliphatic carbocycles. The van der Waals surface area contributed by atoms with Crippen LogP contribution in [0.5, 0.6) is 0 Å². The summed E-state index contributed by atoms with van der Waals surface area (Å²) >= 11 is 0. The quantitative estimate of drug-likeness (QED) is 0.803. The molecule has 0 aliphatic rings. The second kappa shape index (κ2) is 6.26. The molecule has 0 saturated heterocycles. The normalized spacial score (nSPS) is 13.7. The fourth-order valence-corrected chi connectivity index (χ4v) is 2.90. The van der Waals surface area contributed by atoms with Crippen LogP contribution in [-0.4, -0.2) is 20.9 Å². The Hall–Kier alpha value is -2.59. The van der Waals surface area contributed by atoms with Crippen molar-refractivity contribution < 1.29 is 9.90 Å². The predicted molar refractivity (Wildman–Crippen MR) is 89.1 cm³/mol. The molecule has 2 heterocycles. The third-order valence-corrected chi connectivity index (χ3v) is 3.98. The zero-order valence-corrected chi connectivity index (χ0v) is 13.1. The summed E-state index contributed by atoms with van der Waals surface area (Å²) in [7, 11) is 0. The molecule has 2 aromatic heterocycles. The number of carbonyl (C=O) groups excluding carboxylic acids is 1. The number of ketones is 1. The number of aryl methyl sites for hydroxylation is 1. The molecule has 116 valence electrons. The van der Waals surface area contributed by atoms with Crippen molar-refractivity contribution in [2.45, 2.75) is 25.9 Å². The highest BCUT2D eigenvalue weighted by Crippen LogP contribution is 2.34. The monoisotopic (exact) mass is 306 g/mol. The fourth-order valence-electron chi connectivity index (χ4n) is 2.90. The van der Waals surface area contributed by atoms with E-state index in [0.717, 1.165) is 22.2 Å². The SMILES string of the molecule is CC(=O)C(c1ccnc2ccccc12)C(O)c1cccc(C)n1. The Balaban J connectivity index is 2.13. The lowest BCUT2D eigenvalue weighted by molar-refractivity contribution is -0.121. The number of hydrogen-bond acceptors (Lipinski definition) is 4. The number of nitrogens with zero attached hydrogens (tertiary/aromatic N) is 2. The third kappa shape index (κ3) is 2.98. The second-order valence-corrected chi connectivity index (χ2v) is 5.65. The smallest absolute Gasteiger partial charge is 0.140 e. The van der Waals surface area contributed by atoms with Crippen molar-refractivity contribution in [2.75, 3.05) is 0 Å². The first-order chi connectivity index (χ1) is 11.1. The molecule has 0 aliphatic heterocycles. The molecule has 4 nitrogen and oxygen atoms in total. The van der Waals surface area contributed by atoms with E-state index in [2.05, 4.69) is 9.97 Å². The summed E-state index contributed by atoms with van der Waals surface area (Å²) in [6.07, 6.45) is 0.683. The number of carbonyl (C=O) groups is 1. The van der Waals surface area contributed by atoms with E-state index in [0.29, 0.717) is 5.69 Å².